The van der Waals surface area contributed by atoms with Crippen molar-refractivity contribution >= 4 is 23.8 Å². The number of nitrogens with two attached hydrogens (primary N) is 1. The molecule has 0 saturated carbocycles. The quantitative estimate of drug-likeness (QED) is 0.452. The normalized spacial score (nSPS) is 20.1. The number of aromatic nitrogens is 1. The monoisotopic (exact) mass is 380 g/mol. The number of likely N-dealkylation sites (tertiary alicyclic amines) is 1. The molecule has 0 aliphatic carbocycles. The first kappa shape index (κ1) is 19.5. The van der Waals surface area contributed by atoms with Gasteiger partial charge >= 0.3 is 0 Å². The molecule has 7 nitrogen and oxygen atoms in total. The summed E-state index contributed by atoms with van der Waals surface area (Å²) in [6, 6.07) is 12.9. The SMILES string of the molecule is CON=C[C@@H]1[C@@H](Cc2ccnc(N)c2)C(=O)N1C(=O)C[C@H](C)c1ccccc1. The van der Waals surface area contributed by atoms with Crippen LogP contribution in [-0.2, 0) is 20.8 Å². The molecule has 0 bridgehead atoms. The van der Waals surface area contributed by atoms with E-state index < -0.39 is 6.04 Å². The fourth-order valence-corrected chi connectivity index (χ4v) is 3.50. The third-order valence-electron chi connectivity index (χ3n) is 5.00. The molecule has 0 unspecified atom stereocenters. The zero-order valence-corrected chi connectivity index (χ0v) is 16.0. The highest BCUT2D eigenvalue weighted by molar-refractivity contribution is 6.06. The van der Waals surface area contributed by atoms with E-state index in [1.807, 2.05) is 43.3 Å². The second kappa shape index (κ2) is 8.65. The van der Waals surface area contributed by atoms with Crippen molar-refractivity contribution in [1.29, 1.82) is 0 Å². The molecule has 1 aromatic heterocycles. The number of carbonyl (C=O) groups is 2. The van der Waals surface area contributed by atoms with Gasteiger partial charge in [-0.1, -0.05) is 42.4 Å². The summed E-state index contributed by atoms with van der Waals surface area (Å²) in [4.78, 5) is 35.6. The summed E-state index contributed by atoms with van der Waals surface area (Å²) in [5.74, 6) is -0.374. The van der Waals surface area contributed by atoms with Crippen LogP contribution in [0.3, 0.4) is 0 Å². The number of imide groups is 1. The minimum absolute atomic E-state index is 0.0144. The van der Waals surface area contributed by atoms with Gasteiger partial charge in [0.25, 0.3) is 0 Å². The average Bonchev–Trinajstić information content (AvgIpc) is 2.69. The number of benzene rings is 1. The Hall–Kier alpha value is -3.22. The lowest BCUT2D eigenvalue weighted by Gasteiger charge is -2.44. The van der Waals surface area contributed by atoms with Crippen LogP contribution in [0.1, 0.15) is 30.4 Å². The number of anilines is 1. The van der Waals surface area contributed by atoms with Gasteiger partial charge in [0.15, 0.2) is 0 Å². The number of β-lactam (4-membered cyclic amide) rings is 1. The predicted octanol–water partition coefficient (Wildman–Crippen LogP) is 2.39. The molecule has 3 atom stereocenters. The van der Waals surface area contributed by atoms with Crippen LogP contribution in [-0.4, -0.2) is 41.1 Å². The van der Waals surface area contributed by atoms with Gasteiger partial charge < -0.3 is 10.6 Å². The minimum Gasteiger partial charge on any atom is -0.399 e. The molecule has 7 heteroatoms. The molecule has 0 radical (unpaired) electrons. The van der Waals surface area contributed by atoms with Gasteiger partial charge in [-0.15, -0.1) is 0 Å². The third-order valence-corrected chi connectivity index (χ3v) is 5.00. The first-order valence-electron chi connectivity index (χ1n) is 9.19. The zero-order valence-electron chi connectivity index (χ0n) is 16.0. The summed E-state index contributed by atoms with van der Waals surface area (Å²) in [7, 11) is 1.43. The van der Waals surface area contributed by atoms with Gasteiger partial charge in [-0.2, -0.15) is 0 Å². The van der Waals surface area contributed by atoms with Gasteiger partial charge in [-0.3, -0.25) is 14.5 Å². The van der Waals surface area contributed by atoms with E-state index in [1.165, 1.54) is 18.2 Å². The molecule has 1 aromatic carbocycles. The largest absolute Gasteiger partial charge is 0.399 e. The van der Waals surface area contributed by atoms with Crippen molar-refractivity contribution in [3.63, 3.8) is 0 Å². The molecule has 28 heavy (non-hydrogen) atoms. The first-order valence-corrected chi connectivity index (χ1v) is 9.19. The third kappa shape index (κ3) is 4.19. The lowest BCUT2D eigenvalue weighted by atomic mass is 9.82. The average molecular weight is 380 g/mol. The topological polar surface area (TPSA) is 97.9 Å². The highest BCUT2D eigenvalue weighted by Crippen LogP contribution is 2.32. The molecule has 0 spiro atoms. The van der Waals surface area contributed by atoms with E-state index in [4.69, 9.17) is 10.6 Å². The second-order valence-corrected chi connectivity index (χ2v) is 6.95. The summed E-state index contributed by atoms with van der Waals surface area (Å²) in [6.45, 7) is 1.98. The molecule has 1 saturated heterocycles. The lowest BCUT2D eigenvalue weighted by Crippen LogP contribution is -2.64. The van der Waals surface area contributed by atoms with E-state index in [2.05, 4.69) is 10.1 Å². The summed E-state index contributed by atoms with van der Waals surface area (Å²) in [5, 5.41) is 3.80. The number of oxime groups is 1. The summed E-state index contributed by atoms with van der Waals surface area (Å²) >= 11 is 0. The fourth-order valence-electron chi connectivity index (χ4n) is 3.50. The van der Waals surface area contributed by atoms with E-state index >= 15 is 0 Å². The fraction of sp³-hybridized carbons (Fsp3) is 0.333. The van der Waals surface area contributed by atoms with E-state index in [1.54, 1.807) is 12.3 Å². The Morgan fingerprint density at radius 2 is 2.11 bits per heavy atom. The van der Waals surface area contributed by atoms with Gasteiger partial charge in [0.05, 0.1) is 18.2 Å². The number of hydrogen-bond donors (Lipinski definition) is 1. The van der Waals surface area contributed by atoms with Crippen LogP contribution < -0.4 is 5.73 Å². The van der Waals surface area contributed by atoms with Crippen molar-refractivity contribution in [2.45, 2.75) is 31.7 Å². The Morgan fingerprint density at radius 1 is 1.36 bits per heavy atom. The Bertz CT molecular complexity index is 869. The Kier molecular flexibility index (Phi) is 6.03. The van der Waals surface area contributed by atoms with Crippen molar-refractivity contribution in [1.82, 2.24) is 9.88 Å². The maximum Gasteiger partial charge on any atom is 0.235 e. The van der Waals surface area contributed by atoms with E-state index in [-0.39, 0.29) is 30.1 Å². The molecule has 2 aromatic rings. The van der Waals surface area contributed by atoms with Crippen molar-refractivity contribution in [3.8, 4) is 0 Å². The number of carbonyl (C=O) groups excluding carboxylic acids is 2. The Morgan fingerprint density at radius 3 is 2.79 bits per heavy atom. The number of nitrogen functional groups attached to an aromatic ring is 1. The number of hydrogen-bond acceptors (Lipinski definition) is 6. The second-order valence-electron chi connectivity index (χ2n) is 6.95. The molecule has 2 N–H and O–H groups in total. The maximum atomic E-state index is 12.8. The Labute approximate surface area is 164 Å². The molecule has 3 rings (SSSR count). The van der Waals surface area contributed by atoms with Gasteiger partial charge in [-0.05, 0) is 35.6 Å². The number of amides is 2. The molecule has 146 valence electrons. The van der Waals surface area contributed by atoms with Crippen molar-refractivity contribution < 1.29 is 14.4 Å². The van der Waals surface area contributed by atoms with Crippen LogP contribution in [0.4, 0.5) is 5.82 Å². The number of nitrogens with zero attached hydrogens (tertiary/aromatic N) is 3. The highest BCUT2D eigenvalue weighted by atomic mass is 16.6. The molecule has 2 heterocycles. The van der Waals surface area contributed by atoms with Crippen LogP contribution >= 0.6 is 0 Å². The maximum absolute atomic E-state index is 12.8. The molecular formula is C21H24N4O3. The summed E-state index contributed by atoms with van der Waals surface area (Å²) < 4.78 is 0. The van der Waals surface area contributed by atoms with Gasteiger partial charge in [-0.25, -0.2) is 4.98 Å². The minimum atomic E-state index is -0.433. The standard InChI is InChI=1S/C21H24N4O3/c1-14(16-6-4-3-5-7-16)10-20(26)25-18(13-24-28-2)17(21(25)27)11-15-8-9-23-19(22)12-15/h3-9,12-14,17-18H,10-11H2,1-2H3,(H2,22,23)/t14-,17+,18+/m0/s1. The van der Waals surface area contributed by atoms with E-state index in [0.717, 1.165) is 11.1 Å². The van der Waals surface area contributed by atoms with Crippen LogP contribution in [0.15, 0.2) is 53.8 Å². The Balaban J connectivity index is 1.72. The van der Waals surface area contributed by atoms with Crippen LogP contribution in [0.25, 0.3) is 0 Å². The predicted molar refractivity (Wildman–Crippen MR) is 106 cm³/mol. The summed E-state index contributed by atoms with van der Waals surface area (Å²) in [5.41, 5.74) is 7.68. The smallest absolute Gasteiger partial charge is 0.235 e. The molecule has 1 aliphatic rings. The first-order chi connectivity index (χ1) is 13.5. The van der Waals surface area contributed by atoms with Crippen molar-refractivity contribution in [2.75, 3.05) is 12.8 Å². The van der Waals surface area contributed by atoms with Gasteiger partial charge in [0, 0.05) is 12.6 Å². The molecule has 1 aliphatic heterocycles. The van der Waals surface area contributed by atoms with Crippen molar-refractivity contribution in [3.05, 3.63) is 59.8 Å². The van der Waals surface area contributed by atoms with Crippen molar-refractivity contribution in [2.24, 2.45) is 11.1 Å². The van der Waals surface area contributed by atoms with Crippen LogP contribution in [0.5, 0.6) is 0 Å². The number of pyridine rings is 1. The molecular weight excluding hydrogens is 356 g/mol. The molecule has 1 fully saturated rings. The highest BCUT2D eigenvalue weighted by Gasteiger charge is 2.49. The zero-order chi connectivity index (χ0) is 20.1. The molecule has 2 amide bonds. The van der Waals surface area contributed by atoms with Gasteiger partial charge in [0.1, 0.15) is 12.9 Å². The lowest BCUT2D eigenvalue weighted by molar-refractivity contribution is -0.162. The van der Waals surface area contributed by atoms with Crippen LogP contribution in [0, 0.1) is 5.92 Å². The summed E-state index contributed by atoms with van der Waals surface area (Å²) in [6.07, 6.45) is 3.84. The van der Waals surface area contributed by atoms with Gasteiger partial charge in [0.2, 0.25) is 11.8 Å². The van der Waals surface area contributed by atoms with E-state index in [9.17, 15) is 9.59 Å². The van der Waals surface area contributed by atoms with Crippen LogP contribution in [0.2, 0.25) is 0 Å². The van der Waals surface area contributed by atoms with E-state index in [0.29, 0.717) is 12.2 Å². The number of rotatable bonds is 7.